The molecule has 1 atom stereocenters. The van der Waals surface area contributed by atoms with Gasteiger partial charge in [-0.05, 0) is 108 Å². The zero-order valence-corrected chi connectivity index (χ0v) is 21.5. The number of benzene rings is 3. The van der Waals surface area contributed by atoms with Crippen LogP contribution in [0.4, 0.5) is 4.39 Å². The maximum absolute atomic E-state index is 14.9. The molecule has 0 amide bonds. The number of allylic oxidation sites excluding steroid dienone is 2. The summed E-state index contributed by atoms with van der Waals surface area (Å²) < 4.78 is 31.4. The first kappa shape index (κ1) is 25.1. The summed E-state index contributed by atoms with van der Waals surface area (Å²) in [6, 6.07) is 19.0. The molecule has 4 nitrogen and oxygen atoms in total. The molecule has 1 saturated carbocycles. The third-order valence-corrected chi connectivity index (χ3v) is 7.43. The maximum atomic E-state index is 14.9. The summed E-state index contributed by atoms with van der Waals surface area (Å²) in [7, 11) is 3.03. The van der Waals surface area contributed by atoms with E-state index in [1.807, 2.05) is 30.3 Å². The second kappa shape index (κ2) is 11.2. The molecule has 5 rings (SSSR count). The molecule has 0 radical (unpaired) electrons. The highest BCUT2D eigenvalue weighted by molar-refractivity contribution is 5.83. The van der Waals surface area contributed by atoms with Gasteiger partial charge in [0.15, 0.2) is 0 Å². The maximum Gasteiger partial charge on any atom is 0.306 e. The van der Waals surface area contributed by atoms with E-state index in [-0.39, 0.29) is 17.7 Å². The molecule has 5 heteroatoms. The van der Waals surface area contributed by atoms with Crippen molar-refractivity contribution in [2.24, 2.45) is 5.92 Å². The van der Waals surface area contributed by atoms with Gasteiger partial charge in [-0.1, -0.05) is 30.3 Å². The van der Waals surface area contributed by atoms with Gasteiger partial charge < -0.3 is 14.2 Å². The van der Waals surface area contributed by atoms with Crippen molar-refractivity contribution in [2.75, 3.05) is 14.2 Å². The molecule has 3 aromatic carbocycles. The summed E-state index contributed by atoms with van der Waals surface area (Å²) in [5.41, 5.74) is 5.84. The molecule has 0 aliphatic heterocycles. The lowest BCUT2D eigenvalue weighted by atomic mass is 9.91. The summed E-state index contributed by atoms with van der Waals surface area (Å²) in [4.78, 5) is 12.0. The lowest BCUT2D eigenvalue weighted by molar-refractivity contribution is -0.141. The number of hydrogen-bond donors (Lipinski definition) is 0. The predicted octanol–water partition coefficient (Wildman–Crippen LogP) is 7.70. The summed E-state index contributed by atoms with van der Waals surface area (Å²) in [5, 5.41) is 0. The molecule has 0 N–H and O–H groups in total. The highest BCUT2D eigenvalue weighted by Gasteiger charge is 2.34. The molecule has 0 saturated heterocycles. The van der Waals surface area contributed by atoms with Gasteiger partial charge in [0.1, 0.15) is 23.9 Å². The van der Waals surface area contributed by atoms with Gasteiger partial charge in [0.05, 0.1) is 20.6 Å². The molecular weight excluding hydrogens is 467 g/mol. The van der Waals surface area contributed by atoms with Gasteiger partial charge in [-0.3, -0.25) is 4.79 Å². The Morgan fingerprint density at radius 1 is 0.973 bits per heavy atom. The number of methoxy groups -OCH3 is 2. The van der Waals surface area contributed by atoms with Crippen LogP contribution in [-0.4, -0.2) is 20.2 Å². The molecule has 2 aliphatic carbocycles. The molecule has 2 aliphatic rings. The number of esters is 1. The van der Waals surface area contributed by atoms with Gasteiger partial charge in [0.25, 0.3) is 0 Å². The van der Waals surface area contributed by atoms with Gasteiger partial charge in [-0.2, -0.15) is 0 Å². The smallest absolute Gasteiger partial charge is 0.306 e. The molecule has 37 heavy (non-hydrogen) atoms. The third kappa shape index (κ3) is 5.87. The Morgan fingerprint density at radius 2 is 1.84 bits per heavy atom. The number of hydrogen-bond acceptors (Lipinski definition) is 4. The molecule has 0 spiro atoms. The zero-order valence-electron chi connectivity index (χ0n) is 21.5. The Bertz CT molecular complexity index is 1310. The standard InChI is InChI=1S/C32H33FO4/c1-35-25-13-15-31(33)30(18-25)27-14-10-21(16-29(27)22-6-3-4-7-22)20-37-26-9-5-8-24(17-26)28(23-11-12-23)19-32(34)36-2/h5-6,8-10,13-18,23,28H,3-4,7,11-12,19-20H2,1-2H3. The number of carbonyl (C=O) groups excluding carboxylic acids is 1. The Balaban J connectivity index is 1.38. The first-order valence-corrected chi connectivity index (χ1v) is 13.0. The fourth-order valence-electron chi connectivity index (χ4n) is 5.25. The topological polar surface area (TPSA) is 44.8 Å². The first-order chi connectivity index (χ1) is 18.1. The Hall–Kier alpha value is -3.60. The van der Waals surface area contributed by atoms with Crippen LogP contribution in [0.2, 0.25) is 0 Å². The van der Waals surface area contributed by atoms with Crippen LogP contribution in [0, 0.1) is 11.7 Å². The highest BCUT2D eigenvalue weighted by atomic mass is 19.1. The number of carbonyl (C=O) groups is 1. The fraction of sp³-hybridized carbons (Fsp3) is 0.344. The second-order valence-corrected chi connectivity index (χ2v) is 9.93. The van der Waals surface area contributed by atoms with Crippen molar-refractivity contribution in [1.82, 2.24) is 0 Å². The average molecular weight is 501 g/mol. The van der Waals surface area contributed by atoms with E-state index >= 15 is 0 Å². The quantitative estimate of drug-likeness (QED) is 0.268. The first-order valence-electron chi connectivity index (χ1n) is 13.0. The Morgan fingerprint density at radius 3 is 2.57 bits per heavy atom. The van der Waals surface area contributed by atoms with Crippen LogP contribution in [0.25, 0.3) is 16.7 Å². The van der Waals surface area contributed by atoms with E-state index in [2.05, 4.69) is 18.2 Å². The van der Waals surface area contributed by atoms with Crippen LogP contribution in [-0.2, 0) is 16.1 Å². The van der Waals surface area contributed by atoms with Gasteiger partial charge >= 0.3 is 5.97 Å². The molecule has 3 aromatic rings. The summed E-state index contributed by atoms with van der Waals surface area (Å²) in [6.07, 6.45) is 8.06. The minimum Gasteiger partial charge on any atom is -0.497 e. The monoisotopic (exact) mass is 500 g/mol. The number of rotatable bonds is 10. The van der Waals surface area contributed by atoms with Gasteiger partial charge in [-0.15, -0.1) is 0 Å². The largest absolute Gasteiger partial charge is 0.497 e. The fourth-order valence-corrected chi connectivity index (χ4v) is 5.25. The van der Waals surface area contributed by atoms with Gasteiger partial charge in [0.2, 0.25) is 0 Å². The van der Waals surface area contributed by atoms with Crippen molar-refractivity contribution in [3.05, 3.63) is 89.2 Å². The summed E-state index contributed by atoms with van der Waals surface area (Å²) >= 11 is 0. The van der Waals surface area contributed by atoms with E-state index in [0.29, 0.717) is 30.3 Å². The van der Waals surface area contributed by atoms with Crippen molar-refractivity contribution in [2.45, 2.75) is 51.0 Å². The molecule has 0 aromatic heterocycles. The van der Waals surface area contributed by atoms with E-state index in [1.54, 1.807) is 19.2 Å². The normalized spacial score (nSPS) is 15.7. The zero-order chi connectivity index (χ0) is 25.8. The van der Waals surface area contributed by atoms with E-state index in [0.717, 1.165) is 60.1 Å². The SMILES string of the molecule is COC(=O)CC(c1cccc(OCc2ccc(-c3cc(OC)ccc3F)c(C3=CCCC3)c2)c1)C1CC1. The minimum absolute atomic E-state index is 0.161. The Kier molecular flexibility index (Phi) is 7.59. The van der Waals surface area contributed by atoms with Crippen molar-refractivity contribution >= 4 is 11.5 Å². The summed E-state index contributed by atoms with van der Waals surface area (Å²) in [5.74, 6) is 1.66. The van der Waals surface area contributed by atoms with Crippen LogP contribution in [0.1, 0.15) is 61.1 Å². The number of halogens is 1. The van der Waals surface area contributed by atoms with Crippen molar-refractivity contribution in [3.8, 4) is 22.6 Å². The average Bonchev–Trinajstić information content (AvgIpc) is 3.63. The van der Waals surface area contributed by atoms with Crippen molar-refractivity contribution in [1.29, 1.82) is 0 Å². The summed E-state index contributed by atoms with van der Waals surface area (Å²) in [6.45, 7) is 0.399. The van der Waals surface area contributed by atoms with Crippen LogP contribution < -0.4 is 9.47 Å². The van der Waals surface area contributed by atoms with Gasteiger partial charge in [-0.25, -0.2) is 4.39 Å². The molecule has 0 bridgehead atoms. The lowest BCUT2D eigenvalue weighted by Crippen LogP contribution is -2.10. The van der Waals surface area contributed by atoms with E-state index in [9.17, 15) is 9.18 Å². The van der Waals surface area contributed by atoms with Gasteiger partial charge in [0, 0.05) is 5.56 Å². The predicted molar refractivity (Wildman–Crippen MR) is 143 cm³/mol. The molecule has 0 heterocycles. The van der Waals surface area contributed by atoms with Crippen LogP contribution in [0.5, 0.6) is 11.5 Å². The van der Waals surface area contributed by atoms with Crippen LogP contribution >= 0.6 is 0 Å². The van der Waals surface area contributed by atoms with Crippen molar-refractivity contribution < 1.29 is 23.4 Å². The highest BCUT2D eigenvalue weighted by Crippen LogP contribution is 2.45. The van der Waals surface area contributed by atoms with Crippen LogP contribution in [0.15, 0.2) is 66.7 Å². The minimum atomic E-state index is -0.265. The van der Waals surface area contributed by atoms with E-state index in [4.69, 9.17) is 14.2 Å². The lowest BCUT2D eigenvalue weighted by Gasteiger charge is -2.17. The second-order valence-electron chi connectivity index (χ2n) is 9.93. The third-order valence-electron chi connectivity index (χ3n) is 7.43. The van der Waals surface area contributed by atoms with E-state index in [1.165, 1.54) is 18.7 Å². The molecule has 1 fully saturated rings. The van der Waals surface area contributed by atoms with Crippen LogP contribution in [0.3, 0.4) is 0 Å². The molecule has 192 valence electrons. The number of ether oxygens (including phenoxy) is 3. The Labute approximate surface area is 218 Å². The molecule has 1 unspecified atom stereocenters. The van der Waals surface area contributed by atoms with Crippen molar-refractivity contribution in [3.63, 3.8) is 0 Å². The van der Waals surface area contributed by atoms with E-state index < -0.39 is 0 Å². The molecular formula is C32H33FO4.